The van der Waals surface area contributed by atoms with Crippen molar-refractivity contribution in [2.24, 2.45) is 0 Å². The summed E-state index contributed by atoms with van der Waals surface area (Å²) in [6.07, 6.45) is 0. The number of para-hydroxylation sites is 1. The van der Waals surface area contributed by atoms with Crippen LogP contribution in [0.2, 0.25) is 0 Å². The van der Waals surface area contributed by atoms with Gasteiger partial charge in [-0.2, -0.15) is 4.98 Å². The summed E-state index contributed by atoms with van der Waals surface area (Å²) in [5, 5.41) is 0.731. The molecule has 0 unspecified atom stereocenters. The molecule has 1 amide bonds. The van der Waals surface area contributed by atoms with Gasteiger partial charge in [0.05, 0.1) is 6.61 Å². The first-order chi connectivity index (χ1) is 14.0. The lowest BCUT2D eigenvalue weighted by atomic mass is 10.1. The first-order valence-electron chi connectivity index (χ1n) is 9.61. The topological polar surface area (TPSA) is 88.8 Å². The third-order valence-corrected chi connectivity index (χ3v) is 4.86. The number of nitrogens with zero attached hydrogens (tertiary/aromatic N) is 4. The summed E-state index contributed by atoms with van der Waals surface area (Å²) in [6, 6.07) is 10.6. The first-order valence-corrected chi connectivity index (χ1v) is 9.61. The summed E-state index contributed by atoms with van der Waals surface area (Å²) in [6.45, 7) is 6.44. The third kappa shape index (κ3) is 3.91. The zero-order valence-electron chi connectivity index (χ0n) is 16.4. The number of carbonyl (C=O) groups excluding carboxylic acids is 1. The molecule has 3 heterocycles. The van der Waals surface area contributed by atoms with Crippen molar-refractivity contribution in [3.05, 3.63) is 58.2 Å². The number of fused-ring (bicyclic) bond motifs is 1. The molecule has 0 radical (unpaired) electrons. The minimum Gasteiger partial charge on any atom is -0.478 e. The van der Waals surface area contributed by atoms with Crippen molar-refractivity contribution >= 4 is 22.7 Å². The lowest BCUT2D eigenvalue weighted by Crippen LogP contribution is -2.49. The van der Waals surface area contributed by atoms with Crippen molar-refractivity contribution in [1.29, 1.82) is 0 Å². The van der Waals surface area contributed by atoms with E-state index >= 15 is 0 Å². The molecular formula is C21H22N4O4. The summed E-state index contributed by atoms with van der Waals surface area (Å²) < 4.78 is 10.8. The number of amides is 1. The van der Waals surface area contributed by atoms with Crippen LogP contribution in [0.25, 0.3) is 11.0 Å². The normalized spacial score (nSPS) is 14.3. The number of hydrogen-bond donors (Lipinski definition) is 0. The van der Waals surface area contributed by atoms with Gasteiger partial charge in [0, 0.05) is 37.6 Å². The maximum Gasteiger partial charge on any atom is 0.349 e. The Labute approximate surface area is 167 Å². The predicted octanol–water partition coefficient (Wildman–Crippen LogP) is 2.25. The Hall–Kier alpha value is -3.42. The van der Waals surface area contributed by atoms with Gasteiger partial charge in [0.25, 0.3) is 5.91 Å². The quantitative estimate of drug-likeness (QED) is 0.627. The molecule has 0 N–H and O–H groups in total. The molecule has 1 aliphatic rings. The first kappa shape index (κ1) is 18.9. The molecular weight excluding hydrogens is 372 g/mol. The Morgan fingerprint density at radius 2 is 1.90 bits per heavy atom. The molecule has 29 heavy (non-hydrogen) atoms. The molecule has 0 spiro atoms. The lowest BCUT2D eigenvalue weighted by molar-refractivity contribution is 0.0742. The summed E-state index contributed by atoms with van der Waals surface area (Å²) in [7, 11) is 0. The Bertz CT molecular complexity index is 1100. The van der Waals surface area contributed by atoms with Gasteiger partial charge in [-0.05, 0) is 26.0 Å². The van der Waals surface area contributed by atoms with E-state index < -0.39 is 5.63 Å². The Morgan fingerprint density at radius 1 is 1.14 bits per heavy atom. The number of ether oxygens (including phenoxy) is 1. The Morgan fingerprint density at radius 3 is 2.66 bits per heavy atom. The summed E-state index contributed by atoms with van der Waals surface area (Å²) in [4.78, 5) is 37.7. The van der Waals surface area contributed by atoms with Gasteiger partial charge >= 0.3 is 5.63 Å². The molecule has 0 bridgehead atoms. The second-order valence-electron chi connectivity index (χ2n) is 6.81. The molecule has 2 aromatic heterocycles. The van der Waals surface area contributed by atoms with E-state index in [2.05, 4.69) is 14.9 Å². The SMILES string of the molecule is CCOc1cc(N2CCN(C(=O)c3cc4ccccc4oc3=O)CC2)nc(C)n1. The number of benzene rings is 1. The minimum atomic E-state index is -0.607. The van der Waals surface area contributed by atoms with Gasteiger partial charge in [-0.1, -0.05) is 18.2 Å². The van der Waals surface area contributed by atoms with E-state index in [0.717, 1.165) is 11.2 Å². The number of rotatable bonds is 4. The van der Waals surface area contributed by atoms with Gasteiger partial charge in [0.1, 0.15) is 22.8 Å². The van der Waals surface area contributed by atoms with E-state index in [9.17, 15) is 9.59 Å². The number of anilines is 1. The number of piperazine rings is 1. The fourth-order valence-electron chi connectivity index (χ4n) is 3.43. The standard InChI is InChI=1S/C21H22N4O4/c1-3-28-19-13-18(22-14(2)23-19)24-8-10-25(11-9-24)20(26)16-12-15-6-4-5-7-17(15)29-21(16)27/h4-7,12-13H,3,8-11H2,1-2H3. The van der Waals surface area contributed by atoms with Gasteiger partial charge < -0.3 is 19.0 Å². The number of aromatic nitrogens is 2. The van der Waals surface area contributed by atoms with Crippen molar-refractivity contribution in [3.8, 4) is 5.88 Å². The molecule has 1 aliphatic heterocycles. The van der Waals surface area contributed by atoms with Crippen molar-refractivity contribution in [3.63, 3.8) is 0 Å². The third-order valence-electron chi connectivity index (χ3n) is 4.86. The highest BCUT2D eigenvalue weighted by atomic mass is 16.5. The molecule has 1 fully saturated rings. The molecule has 150 valence electrons. The van der Waals surface area contributed by atoms with E-state index in [0.29, 0.717) is 50.1 Å². The van der Waals surface area contributed by atoms with Crippen LogP contribution in [0.15, 0.2) is 45.6 Å². The highest BCUT2D eigenvalue weighted by Gasteiger charge is 2.26. The molecule has 0 saturated carbocycles. The van der Waals surface area contributed by atoms with Crippen LogP contribution in [0.5, 0.6) is 5.88 Å². The van der Waals surface area contributed by atoms with Crippen LogP contribution in [-0.2, 0) is 0 Å². The van der Waals surface area contributed by atoms with Gasteiger partial charge in [0.15, 0.2) is 0 Å². The van der Waals surface area contributed by atoms with Crippen molar-refractivity contribution in [2.75, 3.05) is 37.7 Å². The van der Waals surface area contributed by atoms with Crippen LogP contribution < -0.4 is 15.3 Å². The van der Waals surface area contributed by atoms with E-state index in [4.69, 9.17) is 9.15 Å². The van der Waals surface area contributed by atoms with Crippen molar-refractivity contribution in [2.45, 2.75) is 13.8 Å². The van der Waals surface area contributed by atoms with Gasteiger partial charge in [0.2, 0.25) is 5.88 Å². The molecule has 8 heteroatoms. The predicted molar refractivity (Wildman–Crippen MR) is 109 cm³/mol. The van der Waals surface area contributed by atoms with Crippen LogP contribution >= 0.6 is 0 Å². The largest absolute Gasteiger partial charge is 0.478 e. The Kier molecular flexibility index (Phi) is 5.16. The molecule has 0 atom stereocenters. The zero-order valence-corrected chi connectivity index (χ0v) is 16.4. The lowest BCUT2D eigenvalue weighted by Gasteiger charge is -2.35. The summed E-state index contributed by atoms with van der Waals surface area (Å²) in [5.74, 6) is 1.65. The van der Waals surface area contributed by atoms with Crippen LogP contribution in [0.1, 0.15) is 23.1 Å². The monoisotopic (exact) mass is 394 g/mol. The summed E-state index contributed by atoms with van der Waals surface area (Å²) in [5.41, 5.74) is -0.0688. The molecule has 0 aliphatic carbocycles. The van der Waals surface area contributed by atoms with Crippen molar-refractivity contribution < 1.29 is 13.9 Å². The van der Waals surface area contributed by atoms with E-state index in [1.54, 1.807) is 23.1 Å². The van der Waals surface area contributed by atoms with E-state index in [-0.39, 0.29) is 11.5 Å². The molecule has 8 nitrogen and oxygen atoms in total. The fraction of sp³-hybridized carbons (Fsp3) is 0.333. The maximum absolute atomic E-state index is 12.9. The average Bonchev–Trinajstić information content (AvgIpc) is 2.73. The van der Waals surface area contributed by atoms with Gasteiger partial charge in [-0.3, -0.25) is 4.79 Å². The summed E-state index contributed by atoms with van der Waals surface area (Å²) >= 11 is 0. The van der Waals surface area contributed by atoms with Crippen LogP contribution in [0, 0.1) is 6.92 Å². The highest BCUT2D eigenvalue weighted by molar-refractivity contribution is 5.96. The second kappa shape index (κ2) is 7.90. The van der Waals surface area contributed by atoms with Crippen molar-refractivity contribution in [1.82, 2.24) is 14.9 Å². The molecule has 1 saturated heterocycles. The highest BCUT2D eigenvalue weighted by Crippen LogP contribution is 2.20. The smallest absolute Gasteiger partial charge is 0.349 e. The van der Waals surface area contributed by atoms with Crippen LogP contribution in [0.4, 0.5) is 5.82 Å². The van der Waals surface area contributed by atoms with E-state index in [1.807, 2.05) is 32.0 Å². The second-order valence-corrected chi connectivity index (χ2v) is 6.81. The minimum absolute atomic E-state index is 0.0636. The van der Waals surface area contributed by atoms with E-state index in [1.165, 1.54) is 0 Å². The molecule has 3 aromatic rings. The molecule has 4 rings (SSSR count). The number of aryl methyl sites for hydroxylation is 1. The number of hydrogen-bond acceptors (Lipinski definition) is 7. The fourth-order valence-corrected chi connectivity index (χ4v) is 3.43. The maximum atomic E-state index is 12.9. The molecule has 1 aromatic carbocycles. The van der Waals surface area contributed by atoms with Gasteiger partial charge in [-0.25, -0.2) is 9.78 Å². The van der Waals surface area contributed by atoms with Crippen LogP contribution in [0.3, 0.4) is 0 Å². The average molecular weight is 394 g/mol. The Balaban J connectivity index is 1.49. The number of carbonyl (C=O) groups is 1. The zero-order chi connectivity index (χ0) is 20.4. The van der Waals surface area contributed by atoms with Crippen LogP contribution in [-0.4, -0.2) is 53.6 Å². The van der Waals surface area contributed by atoms with Gasteiger partial charge in [-0.15, -0.1) is 0 Å².